The summed E-state index contributed by atoms with van der Waals surface area (Å²) in [5.74, 6) is -0.112. The molecule has 1 aromatic heterocycles. The van der Waals surface area contributed by atoms with Crippen molar-refractivity contribution in [3.8, 4) is 0 Å². The van der Waals surface area contributed by atoms with Gasteiger partial charge in [-0.15, -0.1) is 11.6 Å². The Labute approximate surface area is 129 Å². The monoisotopic (exact) mass is 303 g/mol. The first-order chi connectivity index (χ1) is 10.1. The number of hydrogen-bond acceptors (Lipinski definition) is 3. The molecule has 5 heteroatoms. The van der Waals surface area contributed by atoms with Gasteiger partial charge in [-0.1, -0.05) is 25.1 Å². The number of carbonyl (C=O) groups excluding carboxylic acids is 1. The van der Waals surface area contributed by atoms with Gasteiger partial charge in [-0.2, -0.15) is 0 Å². The molecular weight excluding hydrogens is 286 g/mol. The van der Waals surface area contributed by atoms with Crippen molar-refractivity contribution in [2.75, 3.05) is 4.90 Å². The van der Waals surface area contributed by atoms with Crippen LogP contribution in [0.25, 0.3) is 0 Å². The predicted molar refractivity (Wildman–Crippen MR) is 84.3 cm³/mol. The molecule has 21 heavy (non-hydrogen) atoms. The minimum absolute atomic E-state index is 0.112. The van der Waals surface area contributed by atoms with E-state index < -0.39 is 5.38 Å². The van der Waals surface area contributed by atoms with Crippen molar-refractivity contribution < 1.29 is 4.79 Å². The minimum atomic E-state index is -0.540. The van der Waals surface area contributed by atoms with Crippen LogP contribution in [0.1, 0.15) is 24.6 Å². The van der Waals surface area contributed by atoms with Crippen LogP contribution >= 0.6 is 11.6 Å². The van der Waals surface area contributed by atoms with Gasteiger partial charge in [0.25, 0.3) is 0 Å². The molecule has 110 valence electrons. The lowest BCUT2D eigenvalue weighted by Crippen LogP contribution is -2.37. The van der Waals surface area contributed by atoms with E-state index in [9.17, 15) is 4.79 Å². The molecule has 2 rings (SSSR count). The van der Waals surface area contributed by atoms with E-state index in [1.807, 2.05) is 38.1 Å². The summed E-state index contributed by atoms with van der Waals surface area (Å²) < 4.78 is 0. The topological polar surface area (TPSA) is 46.1 Å². The number of amides is 1. The van der Waals surface area contributed by atoms with E-state index in [2.05, 4.69) is 9.97 Å². The molecule has 1 unspecified atom stereocenters. The van der Waals surface area contributed by atoms with Gasteiger partial charge in [-0.25, -0.2) is 0 Å². The molecule has 0 fully saturated rings. The minimum Gasteiger partial charge on any atom is -0.305 e. The SMILES string of the molecule is CCC(Cl)C(=O)N(Cc1cnccn1)c1ccccc1C. The number of hydrogen-bond donors (Lipinski definition) is 0. The lowest BCUT2D eigenvalue weighted by atomic mass is 10.1. The van der Waals surface area contributed by atoms with E-state index in [4.69, 9.17) is 11.6 Å². The molecule has 0 radical (unpaired) electrons. The quantitative estimate of drug-likeness (QED) is 0.796. The summed E-state index contributed by atoms with van der Waals surface area (Å²) in [6, 6.07) is 7.75. The molecule has 1 heterocycles. The van der Waals surface area contributed by atoms with Gasteiger partial charge < -0.3 is 4.90 Å². The van der Waals surface area contributed by atoms with Gasteiger partial charge in [0.1, 0.15) is 5.38 Å². The highest BCUT2D eigenvalue weighted by Gasteiger charge is 2.24. The van der Waals surface area contributed by atoms with Crippen molar-refractivity contribution in [2.45, 2.75) is 32.2 Å². The largest absolute Gasteiger partial charge is 0.305 e. The summed E-state index contributed by atoms with van der Waals surface area (Å²) in [5.41, 5.74) is 2.61. The Bertz CT molecular complexity index is 603. The zero-order valence-electron chi connectivity index (χ0n) is 12.2. The van der Waals surface area contributed by atoms with Gasteiger partial charge in [0.15, 0.2) is 0 Å². The van der Waals surface area contributed by atoms with Crippen LogP contribution < -0.4 is 4.90 Å². The number of alkyl halides is 1. The van der Waals surface area contributed by atoms with Gasteiger partial charge in [-0.3, -0.25) is 14.8 Å². The maximum absolute atomic E-state index is 12.6. The highest BCUT2D eigenvalue weighted by Crippen LogP contribution is 2.23. The molecule has 0 spiro atoms. The molecule has 0 aliphatic heterocycles. The number of halogens is 1. The van der Waals surface area contributed by atoms with Crippen molar-refractivity contribution >= 4 is 23.2 Å². The van der Waals surface area contributed by atoms with Crippen LogP contribution in [0, 0.1) is 6.92 Å². The van der Waals surface area contributed by atoms with E-state index in [-0.39, 0.29) is 5.91 Å². The number of para-hydroxylation sites is 1. The Morgan fingerprint density at radius 3 is 2.71 bits per heavy atom. The summed E-state index contributed by atoms with van der Waals surface area (Å²) >= 11 is 6.15. The third kappa shape index (κ3) is 3.79. The van der Waals surface area contributed by atoms with E-state index in [0.29, 0.717) is 13.0 Å². The molecule has 0 saturated heterocycles. The smallest absolute Gasteiger partial charge is 0.245 e. The van der Waals surface area contributed by atoms with Gasteiger partial charge in [0.05, 0.1) is 18.4 Å². The average Bonchev–Trinajstić information content (AvgIpc) is 2.53. The van der Waals surface area contributed by atoms with Crippen LogP contribution in [0.2, 0.25) is 0 Å². The fraction of sp³-hybridized carbons (Fsp3) is 0.312. The standard InChI is InChI=1S/C16H18ClN3O/c1-3-14(17)16(21)20(11-13-10-18-8-9-19-13)15-7-5-4-6-12(15)2/h4-10,14H,3,11H2,1-2H3. The van der Waals surface area contributed by atoms with Crippen LogP contribution in [0.4, 0.5) is 5.69 Å². The molecule has 0 saturated carbocycles. The summed E-state index contributed by atoms with van der Waals surface area (Å²) in [6.45, 7) is 4.23. The number of carbonyl (C=O) groups is 1. The molecule has 0 aliphatic carbocycles. The Morgan fingerprint density at radius 2 is 2.10 bits per heavy atom. The van der Waals surface area contributed by atoms with Crippen molar-refractivity contribution in [1.29, 1.82) is 0 Å². The summed E-state index contributed by atoms with van der Waals surface area (Å²) in [7, 11) is 0. The lowest BCUT2D eigenvalue weighted by molar-refractivity contribution is -0.118. The van der Waals surface area contributed by atoms with E-state index in [1.165, 1.54) is 0 Å². The van der Waals surface area contributed by atoms with Crippen molar-refractivity contribution in [1.82, 2.24) is 9.97 Å². The number of aromatic nitrogens is 2. The number of aryl methyl sites for hydroxylation is 1. The fourth-order valence-corrected chi connectivity index (χ4v) is 2.18. The van der Waals surface area contributed by atoms with Gasteiger partial charge >= 0.3 is 0 Å². The maximum Gasteiger partial charge on any atom is 0.245 e. The third-order valence-corrected chi connectivity index (χ3v) is 3.73. The summed E-state index contributed by atoms with van der Waals surface area (Å²) in [6.07, 6.45) is 5.48. The fourth-order valence-electron chi connectivity index (χ4n) is 2.07. The predicted octanol–water partition coefficient (Wildman–Crippen LogP) is 3.34. The molecule has 0 N–H and O–H groups in total. The van der Waals surface area contributed by atoms with Crippen LogP contribution in [0.5, 0.6) is 0 Å². The third-order valence-electron chi connectivity index (χ3n) is 3.24. The van der Waals surface area contributed by atoms with Crippen molar-refractivity contribution in [3.05, 3.63) is 54.1 Å². The Balaban J connectivity index is 2.35. The molecule has 2 aromatic rings. The second-order valence-corrected chi connectivity index (χ2v) is 5.31. The molecule has 0 bridgehead atoms. The average molecular weight is 304 g/mol. The Morgan fingerprint density at radius 1 is 1.33 bits per heavy atom. The second kappa shape index (κ2) is 7.18. The number of rotatable bonds is 5. The molecule has 1 amide bonds. The Hall–Kier alpha value is -1.94. The summed E-state index contributed by atoms with van der Waals surface area (Å²) in [5, 5.41) is -0.540. The molecular formula is C16H18ClN3O. The highest BCUT2D eigenvalue weighted by atomic mass is 35.5. The number of nitrogens with zero attached hydrogens (tertiary/aromatic N) is 3. The summed E-state index contributed by atoms with van der Waals surface area (Å²) in [4.78, 5) is 22.5. The number of anilines is 1. The normalized spacial score (nSPS) is 12.0. The maximum atomic E-state index is 12.6. The zero-order valence-corrected chi connectivity index (χ0v) is 12.9. The van der Waals surface area contributed by atoms with Crippen LogP contribution in [0.3, 0.4) is 0 Å². The first-order valence-corrected chi connectivity index (χ1v) is 7.33. The van der Waals surface area contributed by atoms with Gasteiger partial charge in [-0.05, 0) is 25.0 Å². The lowest BCUT2D eigenvalue weighted by Gasteiger charge is -2.26. The number of benzene rings is 1. The Kier molecular flexibility index (Phi) is 5.28. The second-order valence-electron chi connectivity index (χ2n) is 4.78. The van der Waals surface area contributed by atoms with E-state index in [0.717, 1.165) is 16.9 Å². The van der Waals surface area contributed by atoms with Crippen LogP contribution in [-0.4, -0.2) is 21.3 Å². The van der Waals surface area contributed by atoms with Crippen molar-refractivity contribution in [2.24, 2.45) is 0 Å². The van der Waals surface area contributed by atoms with Crippen LogP contribution in [0.15, 0.2) is 42.9 Å². The molecule has 1 aromatic carbocycles. The van der Waals surface area contributed by atoms with Crippen molar-refractivity contribution in [3.63, 3.8) is 0 Å². The molecule has 1 atom stereocenters. The van der Waals surface area contributed by atoms with E-state index >= 15 is 0 Å². The molecule has 4 nitrogen and oxygen atoms in total. The first-order valence-electron chi connectivity index (χ1n) is 6.89. The molecule has 0 aliphatic rings. The van der Waals surface area contributed by atoms with E-state index in [1.54, 1.807) is 23.5 Å². The first kappa shape index (κ1) is 15.4. The van der Waals surface area contributed by atoms with Gasteiger partial charge in [0.2, 0.25) is 5.91 Å². The van der Waals surface area contributed by atoms with Crippen LogP contribution in [-0.2, 0) is 11.3 Å². The van der Waals surface area contributed by atoms with Gasteiger partial charge in [0, 0.05) is 18.1 Å². The zero-order chi connectivity index (χ0) is 15.2. The highest BCUT2D eigenvalue weighted by molar-refractivity contribution is 6.32.